The van der Waals surface area contributed by atoms with Crippen molar-refractivity contribution in [3.05, 3.63) is 24.0 Å². The molecule has 1 aromatic heterocycles. The maximum Gasteiger partial charge on any atom is 0.354 e. The van der Waals surface area contributed by atoms with Gasteiger partial charge in [0.15, 0.2) is 0 Å². The van der Waals surface area contributed by atoms with E-state index in [1.807, 2.05) is 0 Å². The molecule has 68 valence electrons. The number of carboxylic acid groups (broad SMARTS) is 1. The normalized spacial score (nSPS) is 7.67. The maximum atomic E-state index is 10.2. The number of hydrogen-bond donors (Lipinski definition) is 2. The third kappa shape index (κ3) is 3.18. The van der Waals surface area contributed by atoms with E-state index in [1.165, 1.54) is 18.3 Å². The van der Waals surface area contributed by atoms with Crippen LogP contribution in [0.25, 0.3) is 0 Å². The molecule has 0 bridgehead atoms. The van der Waals surface area contributed by atoms with Gasteiger partial charge in [0.1, 0.15) is 5.69 Å². The largest absolute Gasteiger partial charge is 0.477 e. The van der Waals surface area contributed by atoms with Gasteiger partial charge in [-0.15, -0.1) is 12.4 Å². The van der Waals surface area contributed by atoms with Crippen LogP contribution in [0.1, 0.15) is 10.5 Å². The third-order valence-electron chi connectivity index (χ3n) is 1.00. The smallest absolute Gasteiger partial charge is 0.354 e. The molecule has 0 aliphatic carbocycles. The lowest BCUT2D eigenvalue weighted by atomic mass is 10.3. The maximum absolute atomic E-state index is 10.2. The fraction of sp³-hybridized carbons (Fsp3) is 0. The highest BCUT2D eigenvalue weighted by atomic mass is 35.5. The molecule has 5 N–H and O–H groups in total. The van der Waals surface area contributed by atoms with Crippen molar-refractivity contribution in [3.63, 3.8) is 0 Å². The number of nitrogens with two attached hydrogens (primary N) is 1. The second-order valence-electron chi connectivity index (χ2n) is 1.78. The van der Waals surface area contributed by atoms with Crippen LogP contribution in [-0.2, 0) is 0 Å². The Bertz CT molecular complexity index is 267. The summed E-state index contributed by atoms with van der Waals surface area (Å²) in [7, 11) is 0. The first-order valence-corrected chi connectivity index (χ1v) is 2.65. The molecule has 1 rings (SSSR count). The molecule has 0 aliphatic rings. The summed E-state index contributed by atoms with van der Waals surface area (Å²) in [5.41, 5.74) is 5.67. The molecular formula is C6H9ClN2O3. The van der Waals surface area contributed by atoms with Gasteiger partial charge in [0.05, 0.1) is 0 Å². The van der Waals surface area contributed by atoms with Gasteiger partial charge < -0.3 is 16.3 Å². The van der Waals surface area contributed by atoms with Crippen LogP contribution in [0.2, 0.25) is 0 Å². The van der Waals surface area contributed by atoms with Crippen molar-refractivity contribution >= 4 is 24.1 Å². The van der Waals surface area contributed by atoms with Crippen molar-refractivity contribution in [3.8, 4) is 0 Å². The third-order valence-corrected chi connectivity index (χ3v) is 1.00. The number of aromatic carboxylic acids is 1. The van der Waals surface area contributed by atoms with Crippen LogP contribution in [0.15, 0.2) is 18.3 Å². The van der Waals surface area contributed by atoms with E-state index in [2.05, 4.69) is 4.98 Å². The highest BCUT2D eigenvalue weighted by Crippen LogP contribution is 2.01. The Morgan fingerprint density at radius 3 is 2.50 bits per heavy atom. The number of hydrogen-bond acceptors (Lipinski definition) is 3. The van der Waals surface area contributed by atoms with Gasteiger partial charge in [0.2, 0.25) is 0 Å². The Balaban J connectivity index is 0. The number of halogens is 1. The van der Waals surface area contributed by atoms with E-state index in [9.17, 15) is 4.79 Å². The van der Waals surface area contributed by atoms with E-state index in [4.69, 9.17) is 10.8 Å². The van der Waals surface area contributed by atoms with Gasteiger partial charge in [-0.3, -0.25) is 0 Å². The SMILES string of the molecule is Cl.Nc1ccnc(C(=O)O)c1.O. The molecule has 12 heavy (non-hydrogen) atoms. The number of nitrogens with zero attached hydrogens (tertiary/aromatic N) is 1. The van der Waals surface area contributed by atoms with Crippen molar-refractivity contribution in [1.82, 2.24) is 4.98 Å². The monoisotopic (exact) mass is 192 g/mol. The molecule has 0 unspecified atom stereocenters. The highest BCUT2D eigenvalue weighted by molar-refractivity contribution is 5.86. The molecule has 0 saturated heterocycles. The summed E-state index contributed by atoms with van der Waals surface area (Å²) < 4.78 is 0. The van der Waals surface area contributed by atoms with Crippen molar-refractivity contribution in [2.75, 3.05) is 5.73 Å². The number of pyridine rings is 1. The number of carboxylic acids is 1. The predicted molar refractivity (Wildman–Crippen MR) is 46.5 cm³/mol. The van der Waals surface area contributed by atoms with Gasteiger partial charge >= 0.3 is 5.97 Å². The van der Waals surface area contributed by atoms with Crippen molar-refractivity contribution in [2.24, 2.45) is 0 Å². The van der Waals surface area contributed by atoms with Crippen LogP contribution in [0.3, 0.4) is 0 Å². The summed E-state index contributed by atoms with van der Waals surface area (Å²) >= 11 is 0. The van der Waals surface area contributed by atoms with Gasteiger partial charge in [0, 0.05) is 11.9 Å². The summed E-state index contributed by atoms with van der Waals surface area (Å²) in [5.74, 6) is -1.06. The molecule has 0 amide bonds. The van der Waals surface area contributed by atoms with Crippen LogP contribution in [0.5, 0.6) is 0 Å². The Labute approximate surface area is 74.9 Å². The Morgan fingerprint density at radius 2 is 2.17 bits per heavy atom. The standard InChI is InChI=1S/C6H6N2O2.ClH.H2O/c7-4-1-2-8-5(3-4)6(9)10;;/h1-3H,(H2,7,8)(H,9,10);1H;1H2. The number of rotatable bonds is 1. The fourth-order valence-electron chi connectivity index (χ4n) is 0.564. The molecule has 5 nitrogen and oxygen atoms in total. The van der Waals surface area contributed by atoms with Gasteiger partial charge in [-0.1, -0.05) is 0 Å². The average molecular weight is 193 g/mol. The molecular weight excluding hydrogens is 184 g/mol. The van der Waals surface area contributed by atoms with E-state index < -0.39 is 5.97 Å². The van der Waals surface area contributed by atoms with E-state index in [-0.39, 0.29) is 23.6 Å². The molecule has 1 aromatic rings. The molecule has 0 aromatic carbocycles. The summed E-state index contributed by atoms with van der Waals surface area (Å²) in [4.78, 5) is 13.8. The van der Waals surface area contributed by atoms with E-state index in [0.29, 0.717) is 5.69 Å². The molecule has 0 spiro atoms. The van der Waals surface area contributed by atoms with E-state index in [0.717, 1.165) is 0 Å². The average Bonchev–Trinajstić information content (AvgIpc) is 1.88. The van der Waals surface area contributed by atoms with Gasteiger partial charge in [-0.05, 0) is 12.1 Å². The summed E-state index contributed by atoms with van der Waals surface area (Å²) in [6, 6.07) is 2.84. The van der Waals surface area contributed by atoms with Gasteiger partial charge in [0.25, 0.3) is 0 Å². The Morgan fingerprint density at radius 1 is 1.58 bits per heavy atom. The summed E-state index contributed by atoms with van der Waals surface area (Å²) in [6.45, 7) is 0. The van der Waals surface area contributed by atoms with Crippen LogP contribution in [0.4, 0.5) is 5.69 Å². The highest BCUT2D eigenvalue weighted by Gasteiger charge is 2.01. The zero-order valence-corrected chi connectivity index (χ0v) is 6.84. The second-order valence-corrected chi connectivity index (χ2v) is 1.78. The Hall–Kier alpha value is -1.33. The molecule has 0 saturated carbocycles. The quantitative estimate of drug-likeness (QED) is 0.651. The molecule has 0 radical (unpaired) electrons. The molecule has 1 heterocycles. The lowest BCUT2D eigenvalue weighted by Gasteiger charge is -1.92. The first-order chi connectivity index (χ1) is 4.70. The summed E-state index contributed by atoms with van der Waals surface area (Å²) in [5, 5.41) is 8.39. The zero-order chi connectivity index (χ0) is 7.56. The minimum atomic E-state index is -1.06. The lowest BCUT2D eigenvalue weighted by Crippen LogP contribution is -2.00. The summed E-state index contributed by atoms with van der Waals surface area (Å²) in [6.07, 6.45) is 1.36. The van der Waals surface area contributed by atoms with Gasteiger partial charge in [-0.25, -0.2) is 9.78 Å². The predicted octanol–water partition coefficient (Wildman–Crippen LogP) is -0.0409. The number of aromatic nitrogens is 1. The second kappa shape index (κ2) is 5.34. The fourth-order valence-corrected chi connectivity index (χ4v) is 0.564. The first-order valence-electron chi connectivity index (χ1n) is 2.65. The molecule has 0 aliphatic heterocycles. The van der Waals surface area contributed by atoms with E-state index in [1.54, 1.807) is 0 Å². The van der Waals surface area contributed by atoms with Crippen LogP contribution in [-0.4, -0.2) is 21.5 Å². The van der Waals surface area contributed by atoms with Crippen molar-refractivity contribution in [1.29, 1.82) is 0 Å². The minimum absolute atomic E-state index is 0. The molecule has 0 atom stereocenters. The number of nitrogen functional groups attached to an aromatic ring is 1. The zero-order valence-electron chi connectivity index (χ0n) is 6.02. The first kappa shape index (κ1) is 13.3. The van der Waals surface area contributed by atoms with Crippen molar-refractivity contribution in [2.45, 2.75) is 0 Å². The topological polar surface area (TPSA) is 108 Å². The molecule has 0 fully saturated rings. The van der Waals surface area contributed by atoms with Gasteiger partial charge in [-0.2, -0.15) is 0 Å². The minimum Gasteiger partial charge on any atom is -0.477 e. The Kier molecular flexibility index (Phi) is 5.90. The number of carbonyl (C=O) groups is 1. The van der Waals surface area contributed by atoms with Crippen molar-refractivity contribution < 1.29 is 15.4 Å². The van der Waals surface area contributed by atoms with Crippen LogP contribution >= 0.6 is 12.4 Å². The molecule has 6 heteroatoms. The number of anilines is 1. The van der Waals surface area contributed by atoms with Crippen LogP contribution < -0.4 is 5.73 Å². The lowest BCUT2D eigenvalue weighted by molar-refractivity contribution is 0.0690. The van der Waals surface area contributed by atoms with Crippen LogP contribution in [0, 0.1) is 0 Å². The van der Waals surface area contributed by atoms with E-state index >= 15 is 0 Å².